The Balaban J connectivity index is 1.21. The van der Waals surface area contributed by atoms with E-state index in [-0.39, 0.29) is 46.9 Å². The Bertz CT molecular complexity index is 951. The number of fused-ring (bicyclic) bond motifs is 1. The number of halogens is 2. The summed E-state index contributed by atoms with van der Waals surface area (Å²) < 4.78 is 24.2. The monoisotopic (exact) mass is 433 g/mol. The second-order valence-electron chi connectivity index (χ2n) is 7.85. The normalized spacial score (nSPS) is 23.9. The van der Waals surface area contributed by atoms with Crippen LogP contribution < -0.4 is 20.1 Å². The number of pyridine rings is 1. The highest BCUT2D eigenvalue weighted by molar-refractivity contribution is 6.30. The first-order valence-corrected chi connectivity index (χ1v) is 9.98. The molecule has 158 valence electrons. The largest absolute Gasteiger partial charge is 0.484 e. The molecule has 3 saturated carbocycles. The van der Waals surface area contributed by atoms with Crippen molar-refractivity contribution in [2.75, 3.05) is 13.2 Å². The molecule has 2 amide bonds. The zero-order valence-electron chi connectivity index (χ0n) is 16.1. The van der Waals surface area contributed by atoms with Crippen molar-refractivity contribution in [3.05, 3.63) is 53.6 Å². The van der Waals surface area contributed by atoms with Crippen LogP contribution in [0.1, 0.15) is 25.7 Å². The highest BCUT2D eigenvalue weighted by Crippen LogP contribution is 2.55. The lowest BCUT2D eigenvalue weighted by atomic mass is 9.71. The molecule has 0 saturated heterocycles. The molecule has 0 aliphatic heterocycles. The van der Waals surface area contributed by atoms with E-state index in [4.69, 9.17) is 21.1 Å². The van der Waals surface area contributed by atoms with Crippen molar-refractivity contribution in [1.29, 1.82) is 0 Å². The third-order valence-corrected chi connectivity index (χ3v) is 5.82. The summed E-state index contributed by atoms with van der Waals surface area (Å²) in [6, 6.07) is 7.49. The molecule has 3 aliphatic rings. The minimum Gasteiger partial charge on any atom is -0.484 e. The van der Waals surface area contributed by atoms with Crippen LogP contribution in [0.4, 0.5) is 4.39 Å². The number of nitrogens with one attached hydrogen (secondary N) is 2. The van der Waals surface area contributed by atoms with Gasteiger partial charge in [-0.15, -0.1) is 0 Å². The quantitative estimate of drug-likeness (QED) is 0.668. The molecule has 0 radical (unpaired) electrons. The Hall–Kier alpha value is -2.87. The highest BCUT2D eigenvalue weighted by atomic mass is 35.5. The van der Waals surface area contributed by atoms with Crippen LogP contribution in [-0.2, 0) is 9.59 Å². The topological polar surface area (TPSA) is 89.5 Å². The zero-order valence-corrected chi connectivity index (χ0v) is 16.9. The van der Waals surface area contributed by atoms with Crippen LogP contribution >= 0.6 is 11.6 Å². The molecule has 5 rings (SSSR count). The summed E-state index contributed by atoms with van der Waals surface area (Å²) in [5.74, 6) is -0.316. The summed E-state index contributed by atoms with van der Waals surface area (Å²) in [4.78, 5) is 28.4. The fourth-order valence-corrected chi connectivity index (χ4v) is 4.46. The van der Waals surface area contributed by atoms with Gasteiger partial charge in [0, 0.05) is 23.3 Å². The van der Waals surface area contributed by atoms with Gasteiger partial charge in [-0.1, -0.05) is 11.6 Å². The molecule has 7 nitrogen and oxygen atoms in total. The minimum atomic E-state index is -0.601. The molecule has 3 fully saturated rings. The van der Waals surface area contributed by atoms with Crippen LogP contribution in [0.25, 0.3) is 0 Å². The number of carbonyl (C=O) groups excluding carboxylic acids is 2. The fourth-order valence-electron chi connectivity index (χ4n) is 4.34. The fraction of sp³-hybridized carbons (Fsp3) is 0.381. The number of carbonyl (C=O) groups is 2. The van der Waals surface area contributed by atoms with E-state index in [2.05, 4.69) is 15.6 Å². The smallest absolute Gasteiger partial charge is 0.258 e. The Morgan fingerprint density at radius 3 is 2.23 bits per heavy atom. The van der Waals surface area contributed by atoms with Crippen molar-refractivity contribution < 1.29 is 23.5 Å². The molecule has 2 bridgehead atoms. The maximum Gasteiger partial charge on any atom is 0.258 e. The molecule has 2 aromatic rings. The van der Waals surface area contributed by atoms with Crippen molar-refractivity contribution in [2.24, 2.45) is 0 Å². The molecule has 0 spiro atoms. The molecule has 1 aromatic heterocycles. The number of rotatable bonds is 8. The van der Waals surface area contributed by atoms with Gasteiger partial charge in [0.25, 0.3) is 11.8 Å². The van der Waals surface area contributed by atoms with Gasteiger partial charge in [-0.05, 0) is 49.9 Å². The van der Waals surface area contributed by atoms with Crippen molar-refractivity contribution in [1.82, 2.24) is 15.6 Å². The SMILES string of the molecule is O=C(COc1cccnc1)NC12CCC(NC(=O)COc3ccc(Cl)c(F)c3)(C1)C2. The Labute approximate surface area is 177 Å². The number of nitrogens with zero attached hydrogens (tertiary/aromatic N) is 1. The van der Waals surface area contributed by atoms with Gasteiger partial charge < -0.3 is 20.1 Å². The van der Waals surface area contributed by atoms with Crippen LogP contribution in [0, 0.1) is 5.82 Å². The van der Waals surface area contributed by atoms with E-state index in [0.717, 1.165) is 18.9 Å². The maximum absolute atomic E-state index is 13.4. The van der Waals surface area contributed by atoms with Gasteiger partial charge in [0.2, 0.25) is 0 Å². The van der Waals surface area contributed by atoms with E-state index >= 15 is 0 Å². The van der Waals surface area contributed by atoms with Gasteiger partial charge >= 0.3 is 0 Å². The summed E-state index contributed by atoms with van der Waals surface area (Å²) in [5.41, 5.74) is -0.633. The van der Waals surface area contributed by atoms with Gasteiger partial charge in [0.1, 0.15) is 17.3 Å². The number of hydrogen-bond acceptors (Lipinski definition) is 5. The van der Waals surface area contributed by atoms with Crippen LogP contribution in [-0.4, -0.2) is 41.1 Å². The lowest BCUT2D eigenvalue weighted by Crippen LogP contribution is -2.65. The average molecular weight is 434 g/mol. The van der Waals surface area contributed by atoms with Crippen molar-refractivity contribution in [3.8, 4) is 11.5 Å². The summed E-state index contributed by atoms with van der Waals surface area (Å²) in [6.07, 6.45) is 6.07. The molecular weight excluding hydrogens is 413 g/mol. The maximum atomic E-state index is 13.4. The van der Waals surface area contributed by atoms with E-state index in [9.17, 15) is 14.0 Å². The van der Waals surface area contributed by atoms with E-state index in [0.29, 0.717) is 18.6 Å². The van der Waals surface area contributed by atoms with Gasteiger partial charge in [0.15, 0.2) is 13.2 Å². The average Bonchev–Trinajstić information content (AvgIpc) is 3.22. The zero-order chi connectivity index (χ0) is 21.2. The van der Waals surface area contributed by atoms with Gasteiger partial charge in [-0.2, -0.15) is 0 Å². The number of aromatic nitrogens is 1. The molecule has 30 heavy (non-hydrogen) atoms. The third kappa shape index (κ3) is 4.48. The van der Waals surface area contributed by atoms with Gasteiger partial charge in [0.05, 0.1) is 11.2 Å². The minimum absolute atomic E-state index is 0.00432. The highest BCUT2D eigenvalue weighted by Gasteiger charge is 2.62. The molecule has 0 atom stereocenters. The molecule has 0 unspecified atom stereocenters. The van der Waals surface area contributed by atoms with Crippen LogP contribution in [0.15, 0.2) is 42.7 Å². The standard InChI is InChI=1S/C21H21ClFN3O4/c22-16-4-3-14(8-17(16)23)29-10-18(27)25-20-5-6-21(12-20,13-20)26-19(28)11-30-15-2-1-7-24-9-15/h1-4,7-9H,5-6,10-13H2,(H,25,27)(H,26,28). The second kappa shape index (κ2) is 8.10. The summed E-state index contributed by atoms with van der Waals surface area (Å²) in [5, 5.41) is 6.03. The van der Waals surface area contributed by atoms with Crippen molar-refractivity contribution >= 4 is 23.4 Å². The first-order valence-electron chi connectivity index (χ1n) is 9.60. The van der Waals surface area contributed by atoms with Crippen LogP contribution in [0.2, 0.25) is 5.02 Å². The van der Waals surface area contributed by atoms with Crippen molar-refractivity contribution in [3.63, 3.8) is 0 Å². The second-order valence-corrected chi connectivity index (χ2v) is 8.26. The first-order chi connectivity index (χ1) is 14.4. The molecule has 3 aliphatic carbocycles. The molecule has 1 heterocycles. The van der Waals surface area contributed by atoms with E-state index < -0.39 is 5.82 Å². The predicted molar refractivity (Wildman–Crippen MR) is 107 cm³/mol. The molecular formula is C21H21ClFN3O4. The Kier molecular flexibility index (Phi) is 5.51. The number of ether oxygens (including phenoxy) is 2. The Morgan fingerprint density at radius 1 is 1.03 bits per heavy atom. The number of amides is 2. The first kappa shape index (κ1) is 20.4. The summed E-state index contributed by atoms with van der Waals surface area (Å²) >= 11 is 5.63. The van der Waals surface area contributed by atoms with E-state index in [1.807, 2.05) is 0 Å². The lowest BCUT2D eigenvalue weighted by molar-refractivity contribution is -0.128. The lowest BCUT2D eigenvalue weighted by Gasteiger charge is -2.48. The number of benzene rings is 1. The molecule has 1 aromatic carbocycles. The molecule has 2 N–H and O–H groups in total. The third-order valence-electron chi connectivity index (χ3n) is 5.51. The predicted octanol–water partition coefficient (Wildman–Crippen LogP) is 2.63. The van der Waals surface area contributed by atoms with Crippen molar-refractivity contribution in [2.45, 2.75) is 36.8 Å². The number of hydrogen-bond donors (Lipinski definition) is 2. The van der Waals surface area contributed by atoms with E-state index in [1.165, 1.54) is 12.1 Å². The summed E-state index contributed by atoms with van der Waals surface area (Å²) in [7, 11) is 0. The van der Waals surface area contributed by atoms with Crippen LogP contribution in [0.3, 0.4) is 0 Å². The van der Waals surface area contributed by atoms with E-state index in [1.54, 1.807) is 24.5 Å². The van der Waals surface area contributed by atoms with Gasteiger partial charge in [-0.25, -0.2) is 4.39 Å². The Morgan fingerprint density at radius 2 is 1.67 bits per heavy atom. The molecule has 9 heteroatoms. The summed E-state index contributed by atoms with van der Waals surface area (Å²) in [6.45, 7) is -0.306. The van der Waals surface area contributed by atoms with Crippen LogP contribution in [0.5, 0.6) is 11.5 Å². The van der Waals surface area contributed by atoms with Gasteiger partial charge in [-0.3, -0.25) is 14.6 Å².